The molecule has 1 aromatic carbocycles. The molecule has 2 aromatic rings. The average Bonchev–Trinajstić information content (AvgIpc) is 2.62. The summed E-state index contributed by atoms with van der Waals surface area (Å²) in [5.74, 6) is 0. The van der Waals surface area contributed by atoms with Crippen molar-refractivity contribution < 1.29 is 0 Å². The summed E-state index contributed by atoms with van der Waals surface area (Å²) < 4.78 is 1.90. The predicted octanol–water partition coefficient (Wildman–Crippen LogP) is 2.51. The van der Waals surface area contributed by atoms with Crippen molar-refractivity contribution in [2.45, 2.75) is 33.4 Å². The summed E-state index contributed by atoms with van der Waals surface area (Å²) in [5, 5.41) is 4.36. The quantitative estimate of drug-likeness (QED) is 0.878. The lowest BCUT2D eigenvalue weighted by Gasteiger charge is -2.14. The summed E-state index contributed by atoms with van der Waals surface area (Å²) in [5.41, 5.74) is 10.9. The molecule has 3 heteroatoms. The molecule has 1 aromatic heterocycles. The van der Waals surface area contributed by atoms with Crippen molar-refractivity contribution in [2.75, 3.05) is 0 Å². The van der Waals surface area contributed by atoms with Gasteiger partial charge in [-0.25, -0.2) is 0 Å². The minimum absolute atomic E-state index is 0.00657. The molecule has 0 spiro atoms. The van der Waals surface area contributed by atoms with Gasteiger partial charge in [0, 0.05) is 12.2 Å². The number of nitrogens with zero attached hydrogens (tertiary/aromatic N) is 2. The van der Waals surface area contributed by atoms with Crippen molar-refractivity contribution in [3.63, 3.8) is 0 Å². The van der Waals surface area contributed by atoms with Crippen LogP contribution in [0.1, 0.15) is 28.4 Å². The van der Waals surface area contributed by atoms with E-state index >= 15 is 0 Å². The number of aryl methyl sites for hydroxylation is 3. The van der Waals surface area contributed by atoms with Crippen LogP contribution in [0.3, 0.4) is 0 Å². The number of nitrogens with two attached hydrogens (primary N) is 1. The van der Waals surface area contributed by atoms with Crippen molar-refractivity contribution in [3.05, 3.63) is 52.8 Å². The maximum absolute atomic E-state index is 6.21. The second-order valence-electron chi connectivity index (χ2n) is 4.71. The molecule has 1 heterocycles. The standard InChI is InChI=1S/C14H19N3/c1-10-6-11(2)8-13(7-10)14(15)9-17-5-4-12(3)16-17/h4-8,14H,9,15H2,1-3H3. The molecule has 3 nitrogen and oxygen atoms in total. The Labute approximate surface area is 102 Å². The topological polar surface area (TPSA) is 43.8 Å². The van der Waals surface area contributed by atoms with E-state index in [0.717, 1.165) is 12.2 Å². The molecule has 0 saturated carbocycles. The highest BCUT2D eigenvalue weighted by Crippen LogP contribution is 2.16. The Kier molecular flexibility index (Phi) is 3.29. The Morgan fingerprint density at radius 3 is 2.35 bits per heavy atom. The predicted molar refractivity (Wildman–Crippen MR) is 69.8 cm³/mol. The first-order valence-corrected chi connectivity index (χ1v) is 5.88. The maximum atomic E-state index is 6.21. The van der Waals surface area contributed by atoms with Gasteiger partial charge in [-0.3, -0.25) is 4.68 Å². The molecule has 0 amide bonds. The SMILES string of the molecule is Cc1cc(C)cc(C(N)Cn2ccc(C)n2)c1. The fourth-order valence-electron chi connectivity index (χ4n) is 2.10. The zero-order valence-electron chi connectivity index (χ0n) is 10.6. The van der Waals surface area contributed by atoms with Gasteiger partial charge in [-0.2, -0.15) is 5.10 Å². The second kappa shape index (κ2) is 4.72. The summed E-state index contributed by atoms with van der Waals surface area (Å²) >= 11 is 0. The van der Waals surface area contributed by atoms with E-state index in [9.17, 15) is 0 Å². The van der Waals surface area contributed by atoms with E-state index in [2.05, 4.69) is 37.1 Å². The maximum Gasteiger partial charge on any atom is 0.0602 e. The minimum atomic E-state index is -0.00657. The van der Waals surface area contributed by atoms with Gasteiger partial charge in [0.25, 0.3) is 0 Å². The van der Waals surface area contributed by atoms with Crippen LogP contribution in [-0.4, -0.2) is 9.78 Å². The van der Waals surface area contributed by atoms with Gasteiger partial charge in [-0.05, 0) is 32.4 Å². The van der Waals surface area contributed by atoms with Crippen LogP contribution < -0.4 is 5.73 Å². The number of hydrogen-bond acceptors (Lipinski definition) is 2. The lowest BCUT2D eigenvalue weighted by atomic mass is 10.0. The highest BCUT2D eigenvalue weighted by atomic mass is 15.3. The Morgan fingerprint density at radius 1 is 1.18 bits per heavy atom. The summed E-state index contributed by atoms with van der Waals surface area (Å²) in [7, 11) is 0. The molecule has 0 radical (unpaired) electrons. The van der Waals surface area contributed by atoms with Crippen molar-refractivity contribution >= 4 is 0 Å². The molecule has 90 valence electrons. The van der Waals surface area contributed by atoms with Crippen LogP contribution in [0, 0.1) is 20.8 Å². The van der Waals surface area contributed by atoms with E-state index in [4.69, 9.17) is 5.73 Å². The van der Waals surface area contributed by atoms with Crippen molar-refractivity contribution in [2.24, 2.45) is 5.73 Å². The monoisotopic (exact) mass is 229 g/mol. The summed E-state index contributed by atoms with van der Waals surface area (Å²) in [4.78, 5) is 0. The van der Waals surface area contributed by atoms with Gasteiger partial charge < -0.3 is 5.73 Å². The Balaban J connectivity index is 2.16. The summed E-state index contributed by atoms with van der Waals surface area (Å²) in [6, 6.07) is 8.44. The molecule has 1 unspecified atom stereocenters. The smallest absolute Gasteiger partial charge is 0.0602 e. The third kappa shape index (κ3) is 2.94. The molecule has 0 aliphatic heterocycles. The van der Waals surface area contributed by atoms with E-state index in [0.29, 0.717) is 0 Å². The van der Waals surface area contributed by atoms with E-state index in [-0.39, 0.29) is 6.04 Å². The summed E-state index contributed by atoms with van der Waals surface area (Å²) in [6.45, 7) is 6.90. The largest absolute Gasteiger partial charge is 0.322 e. The van der Waals surface area contributed by atoms with Gasteiger partial charge in [-0.1, -0.05) is 29.3 Å². The Hall–Kier alpha value is -1.61. The molecule has 17 heavy (non-hydrogen) atoms. The lowest BCUT2D eigenvalue weighted by molar-refractivity contribution is 0.525. The van der Waals surface area contributed by atoms with E-state index in [1.165, 1.54) is 16.7 Å². The highest BCUT2D eigenvalue weighted by Gasteiger charge is 2.08. The number of aromatic nitrogens is 2. The molecular formula is C14H19N3. The first-order chi connectivity index (χ1) is 8.04. The van der Waals surface area contributed by atoms with E-state index in [1.54, 1.807) is 0 Å². The Morgan fingerprint density at radius 2 is 1.82 bits per heavy atom. The van der Waals surface area contributed by atoms with Crippen molar-refractivity contribution in [3.8, 4) is 0 Å². The second-order valence-corrected chi connectivity index (χ2v) is 4.71. The van der Waals surface area contributed by atoms with E-state index in [1.807, 2.05) is 23.9 Å². The average molecular weight is 229 g/mol. The third-order valence-electron chi connectivity index (χ3n) is 2.83. The van der Waals surface area contributed by atoms with Crippen LogP contribution in [-0.2, 0) is 6.54 Å². The Bertz CT molecular complexity index is 494. The first kappa shape index (κ1) is 11.9. The zero-order chi connectivity index (χ0) is 12.4. The fraction of sp³-hybridized carbons (Fsp3) is 0.357. The van der Waals surface area contributed by atoms with Gasteiger partial charge in [-0.15, -0.1) is 0 Å². The number of rotatable bonds is 3. The van der Waals surface area contributed by atoms with Crippen LogP contribution in [0.5, 0.6) is 0 Å². The molecule has 0 aliphatic rings. The molecule has 1 atom stereocenters. The van der Waals surface area contributed by atoms with Crippen LogP contribution in [0.4, 0.5) is 0 Å². The van der Waals surface area contributed by atoms with Crippen LogP contribution in [0.25, 0.3) is 0 Å². The van der Waals surface area contributed by atoms with Gasteiger partial charge >= 0.3 is 0 Å². The van der Waals surface area contributed by atoms with Gasteiger partial charge in [0.2, 0.25) is 0 Å². The minimum Gasteiger partial charge on any atom is -0.322 e. The van der Waals surface area contributed by atoms with Gasteiger partial charge in [0.1, 0.15) is 0 Å². The molecule has 0 saturated heterocycles. The number of benzene rings is 1. The molecule has 0 bridgehead atoms. The zero-order valence-corrected chi connectivity index (χ0v) is 10.6. The first-order valence-electron chi connectivity index (χ1n) is 5.88. The molecule has 2 rings (SSSR count). The molecule has 2 N–H and O–H groups in total. The van der Waals surface area contributed by atoms with E-state index < -0.39 is 0 Å². The van der Waals surface area contributed by atoms with Crippen molar-refractivity contribution in [1.29, 1.82) is 0 Å². The molecule has 0 fully saturated rings. The van der Waals surface area contributed by atoms with Gasteiger partial charge in [0.05, 0.1) is 12.2 Å². The van der Waals surface area contributed by atoms with Crippen LogP contribution in [0.15, 0.2) is 30.5 Å². The van der Waals surface area contributed by atoms with Crippen LogP contribution in [0.2, 0.25) is 0 Å². The summed E-state index contributed by atoms with van der Waals surface area (Å²) in [6.07, 6.45) is 1.97. The van der Waals surface area contributed by atoms with Crippen molar-refractivity contribution in [1.82, 2.24) is 9.78 Å². The fourth-order valence-corrected chi connectivity index (χ4v) is 2.10. The molecule has 0 aliphatic carbocycles. The van der Waals surface area contributed by atoms with Crippen LogP contribution >= 0.6 is 0 Å². The highest BCUT2D eigenvalue weighted by molar-refractivity contribution is 5.30. The third-order valence-corrected chi connectivity index (χ3v) is 2.83. The normalized spacial score (nSPS) is 12.7. The molecular weight excluding hydrogens is 210 g/mol. The number of hydrogen-bond donors (Lipinski definition) is 1. The lowest BCUT2D eigenvalue weighted by Crippen LogP contribution is -2.18. The van der Waals surface area contributed by atoms with Gasteiger partial charge in [0.15, 0.2) is 0 Å².